The quantitative estimate of drug-likeness (QED) is 0.0101. The van der Waals surface area contributed by atoms with Gasteiger partial charge in [0.25, 0.3) is 10.1 Å². The molecule has 0 atom stereocenters. The molecule has 0 fully saturated rings. The van der Waals surface area contributed by atoms with Gasteiger partial charge in [-0.1, -0.05) is 40.4 Å². The van der Waals surface area contributed by atoms with Gasteiger partial charge >= 0.3 is 0 Å². The van der Waals surface area contributed by atoms with Crippen LogP contribution in [-0.4, -0.2) is 69.4 Å². The van der Waals surface area contributed by atoms with Gasteiger partial charge in [-0.2, -0.15) is 23.4 Å². The van der Waals surface area contributed by atoms with E-state index < -0.39 is 58.8 Å². The molecule has 0 amide bonds. The average molecular weight is 832 g/mol. The van der Waals surface area contributed by atoms with Gasteiger partial charge in [0.1, 0.15) is 11.4 Å². The summed E-state index contributed by atoms with van der Waals surface area (Å²) in [5.41, 5.74) is -0.985. The third-order valence-electron chi connectivity index (χ3n) is 6.58. The van der Waals surface area contributed by atoms with Crippen LogP contribution in [0, 0.1) is 0 Å². The Morgan fingerprint density at radius 1 is 0.811 bits per heavy atom. The van der Waals surface area contributed by atoms with Crippen molar-refractivity contribution >= 4 is 101 Å². The van der Waals surface area contributed by atoms with Gasteiger partial charge in [0.05, 0.1) is 44.8 Å². The predicted molar refractivity (Wildman–Crippen MR) is 187 cm³/mol. The third-order valence-corrected chi connectivity index (χ3v) is 10.3. The first kappa shape index (κ1) is 39.7. The molecule has 0 aliphatic rings. The summed E-state index contributed by atoms with van der Waals surface area (Å²) in [6.07, 6.45) is 0. The van der Waals surface area contributed by atoms with Gasteiger partial charge in [-0.05, 0) is 53.4 Å². The molecule has 0 aliphatic carbocycles. The van der Waals surface area contributed by atoms with Gasteiger partial charge in [0.15, 0.2) is 33.7 Å². The number of hydrogen-bond donors (Lipinski definition) is 7. The van der Waals surface area contributed by atoms with Crippen molar-refractivity contribution in [2.75, 3.05) is 23.0 Å². The Morgan fingerprint density at radius 3 is 2.28 bits per heavy atom. The number of azo groups is 1. The van der Waals surface area contributed by atoms with Crippen LogP contribution < -0.4 is 10.6 Å². The lowest BCUT2D eigenvalue weighted by atomic mass is 10.1. The molecule has 4 aromatic carbocycles. The molecular formula is C27H22ClN7O14S4. The van der Waals surface area contributed by atoms with Crippen LogP contribution in [0.25, 0.3) is 10.8 Å². The highest BCUT2D eigenvalue weighted by Crippen LogP contribution is 2.45. The molecule has 7 N–H and O–H groups in total. The van der Waals surface area contributed by atoms with Crippen LogP contribution in [0.1, 0.15) is 0 Å². The average Bonchev–Trinajstić information content (AvgIpc) is 3.11. The zero-order valence-electron chi connectivity index (χ0n) is 25.9. The number of hydrogen-bond acceptors (Lipinski definition) is 22. The van der Waals surface area contributed by atoms with Gasteiger partial charge in [-0.3, -0.25) is 8.74 Å². The van der Waals surface area contributed by atoms with Crippen molar-refractivity contribution in [1.29, 1.82) is 0 Å². The van der Waals surface area contributed by atoms with Crippen LogP contribution in [0.15, 0.2) is 91.6 Å². The molecule has 1 heterocycles. The lowest BCUT2D eigenvalue weighted by Gasteiger charge is -2.12. The van der Waals surface area contributed by atoms with Gasteiger partial charge in [-0.25, -0.2) is 18.9 Å². The Morgan fingerprint density at radius 2 is 1.55 bits per heavy atom. The van der Waals surface area contributed by atoms with E-state index in [-0.39, 0.29) is 52.0 Å². The molecule has 53 heavy (non-hydrogen) atoms. The summed E-state index contributed by atoms with van der Waals surface area (Å²) in [5.74, 6) is -2.17. The molecule has 0 radical (unpaired) electrons. The SMILES string of the molecule is O=S(=O)(O)c1cc(N=Nc2c(SOOO)cc3ccccc3c2O)c(O)c(Nc2nc(Cl)nc(Nc3cccc(S(=O)(=O)CCOSOOO)c3)n2)c1. The van der Waals surface area contributed by atoms with Crippen molar-refractivity contribution in [3.63, 3.8) is 0 Å². The topological polar surface area (TPSA) is 303 Å². The van der Waals surface area contributed by atoms with Crippen LogP contribution in [0.5, 0.6) is 11.5 Å². The normalized spacial score (nSPS) is 12.1. The van der Waals surface area contributed by atoms with Crippen molar-refractivity contribution in [1.82, 2.24) is 15.0 Å². The largest absolute Gasteiger partial charge is 0.505 e. The number of aromatic hydroxyl groups is 2. The molecule has 0 saturated heterocycles. The van der Waals surface area contributed by atoms with E-state index in [1.807, 2.05) is 0 Å². The molecule has 0 bridgehead atoms. The zero-order chi connectivity index (χ0) is 38.2. The van der Waals surface area contributed by atoms with E-state index in [4.69, 9.17) is 26.3 Å². The van der Waals surface area contributed by atoms with E-state index in [0.29, 0.717) is 22.8 Å². The number of nitrogens with zero attached hydrogens (tertiary/aromatic N) is 5. The first-order valence-corrected chi connectivity index (χ1v) is 18.9. The van der Waals surface area contributed by atoms with Gasteiger partial charge in [0, 0.05) is 11.1 Å². The number of halogens is 1. The maximum absolute atomic E-state index is 12.8. The highest BCUT2D eigenvalue weighted by molar-refractivity contribution is 7.94. The first-order chi connectivity index (χ1) is 25.3. The van der Waals surface area contributed by atoms with Crippen molar-refractivity contribution in [2.45, 2.75) is 14.7 Å². The summed E-state index contributed by atoms with van der Waals surface area (Å²) in [7, 11) is -8.79. The molecule has 21 nitrogen and oxygen atoms in total. The van der Waals surface area contributed by atoms with E-state index in [1.54, 1.807) is 24.3 Å². The zero-order valence-corrected chi connectivity index (χ0v) is 29.9. The fourth-order valence-corrected chi connectivity index (χ4v) is 6.96. The molecule has 26 heteroatoms. The number of benzene rings is 4. The van der Waals surface area contributed by atoms with Crippen molar-refractivity contribution in [3.8, 4) is 11.5 Å². The first-order valence-electron chi connectivity index (χ1n) is 14.0. The number of rotatable bonds is 17. The molecule has 0 unspecified atom stereocenters. The second-order valence-corrected chi connectivity index (χ2v) is 15.0. The monoisotopic (exact) mass is 831 g/mol. The summed E-state index contributed by atoms with van der Waals surface area (Å²) in [6.45, 7) is -0.318. The van der Waals surface area contributed by atoms with Crippen molar-refractivity contribution < 1.29 is 65.0 Å². The van der Waals surface area contributed by atoms with E-state index in [0.717, 1.165) is 12.1 Å². The number of aromatic nitrogens is 3. The van der Waals surface area contributed by atoms with Crippen LogP contribution in [0.4, 0.5) is 34.6 Å². The number of nitrogens with one attached hydrogen (secondary N) is 2. The standard InChI is InChI=1S/C27H22ClN7O14S4/c28-25-31-26(29-15-5-3-6-16(11-15)52(40,41)9-8-45-51-49-47-39)33-27(32-25)30-19-12-17(53(42,43)44)13-20(24(19)37)34-35-22-21(50-48-46-38)10-14-4-1-2-7-18(14)23(22)36/h1-7,10-13,36-39H,8-9H2,(H,42,43,44)(H2,29,30,31,32,33). The lowest BCUT2D eigenvalue weighted by Crippen LogP contribution is -2.11. The smallest absolute Gasteiger partial charge is 0.294 e. The molecule has 1 aromatic heterocycles. The van der Waals surface area contributed by atoms with E-state index >= 15 is 0 Å². The molecule has 0 aliphatic heterocycles. The molecule has 0 saturated carbocycles. The Labute approximate surface area is 311 Å². The molecule has 5 aromatic rings. The van der Waals surface area contributed by atoms with Crippen molar-refractivity contribution in [3.05, 3.63) is 72.0 Å². The maximum atomic E-state index is 12.8. The number of phenols is 2. The van der Waals surface area contributed by atoms with Gasteiger partial charge in [-0.15, -0.1) is 18.9 Å². The highest BCUT2D eigenvalue weighted by atomic mass is 35.5. The summed E-state index contributed by atoms with van der Waals surface area (Å²) < 4.78 is 73.1. The summed E-state index contributed by atoms with van der Waals surface area (Å²) >= 11 is 6.77. The Balaban J connectivity index is 1.45. The van der Waals surface area contributed by atoms with Gasteiger partial charge < -0.3 is 20.8 Å². The number of sulfone groups is 1. The summed E-state index contributed by atoms with van der Waals surface area (Å²) in [4.78, 5) is 11.2. The predicted octanol–water partition coefficient (Wildman–Crippen LogP) is 6.44. The lowest BCUT2D eigenvalue weighted by molar-refractivity contribution is -0.434. The molecule has 5 rings (SSSR count). The van der Waals surface area contributed by atoms with E-state index in [9.17, 15) is 31.6 Å². The number of phenolic OH excluding ortho intramolecular Hbond substituents is 2. The van der Waals surface area contributed by atoms with Crippen LogP contribution >= 0.6 is 36.0 Å². The summed E-state index contributed by atoms with van der Waals surface area (Å²) in [5, 5.41) is 59.5. The minimum atomic E-state index is -4.92. The Kier molecular flexibility index (Phi) is 13.2. The molecule has 280 valence electrons. The second-order valence-electron chi connectivity index (χ2n) is 9.91. The number of fused-ring (bicyclic) bond motifs is 1. The van der Waals surface area contributed by atoms with Crippen LogP contribution in [0.2, 0.25) is 5.28 Å². The Bertz CT molecular complexity index is 2380. The number of anilines is 4. The maximum Gasteiger partial charge on any atom is 0.294 e. The van der Waals surface area contributed by atoms with E-state index in [1.165, 1.54) is 30.3 Å². The molecule has 0 spiro atoms. The minimum absolute atomic E-state index is 0.0822. The molecular weight excluding hydrogens is 810 g/mol. The minimum Gasteiger partial charge on any atom is -0.505 e. The van der Waals surface area contributed by atoms with Gasteiger partial charge in [0.2, 0.25) is 17.2 Å². The van der Waals surface area contributed by atoms with Crippen LogP contribution in [-0.2, 0) is 42.9 Å². The van der Waals surface area contributed by atoms with Crippen LogP contribution in [0.3, 0.4) is 0 Å². The Hall–Kier alpha value is -4.48. The second kappa shape index (κ2) is 17.6. The fraction of sp³-hybridized carbons (Fsp3) is 0.0741. The van der Waals surface area contributed by atoms with E-state index in [2.05, 4.69) is 54.6 Å². The van der Waals surface area contributed by atoms with Crippen molar-refractivity contribution in [2.24, 2.45) is 10.2 Å². The fourth-order valence-electron chi connectivity index (χ4n) is 4.33. The summed E-state index contributed by atoms with van der Waals surface area (Å²) in [6, 6.07) is 15.2. The third kappa shape index (κ3) is 10.4. The highest BCUT2D eigenvalue weighted by Gasteiger charge is 2.21.